The fraction of sp³-hybridized carbons (Fsp3) is 0.111. The van der Waals surface area contributed by atoms with Gasteiger partial charge in [-0.05, 0) is 35.0 Å². The van der Waals surface area contributed by atoms with Gasteiger partial charge in [0, 0.05) is 5.39 Å². The van der Waals surface area contributed by atoms with Gasteiger partial charge in [-0.15, -0.1) is 0 Å². The number of benzene rings is 1. The van der Waals surface area contributed by atoms with Crippen molar-refractivity contribution < 1.29 is 14.4 Å². The second-order valence-corrected chi connectivity index (χ2v) is 3.67. The second-order valence-electron chi connectivity index (χ2n) is 2.88. The number of rotatable bonds is 1. The van der Waals surface area contributed by atoms with Crippen LogP contribution in [0.25, 0.3) is 11.0 Å². The van der Waals surface area contributed by atoms with Gasteiger partial charge in [-0.3, -0.25) is 0 Å². The number of carboxylic acid groups (broad SMARTS) is 1. The lowest BCUT2D eigenvalue weighted by atomic mass is 10.1. The summed E-state index contributed by atoms with van der Waals surface area (Å²) in [7, 11) is 0. The Kier molecular flexibility index (Phi) is 2.03. The van der Waals surface area contributed by atoms with E-state index in [4.69, 9.17) is 9.63 Å². The van der Waals surface area contributed by atoms with Crippen molar-refractivity contribution in [1.82, 2.24) is 5.16 Å². The zero-order chi connectivity index (χ0) is 10.3. The van der Waals surface area contributed by atoms with Gasteiger partial charge < -0.3 is 9.63 Å². The molecular weight excluding hydrogens is 250 g/mol. The Labute approximate surface area is 87.6 Å². The highest BCUT2D eigenvalue weighted by Crippen LogP contribution is 2.29. The van der Waals surface area contributed by atoms with Crippen LogP contribution in [0.3, 0.4) is 0 Å². The molecular formula is C9H6BrNO3. The molecule has 1 aromatic carbocycles. The number of aromatic carboxylic acids is 1. The number of hydrogen-bond acceptors (Lipinski definition) is 3. The van der Waals surface area contributed by atoms with Gasteiger partial charge in [0.25, 0.3) is 0 Å². The number of nitrogens with zero attached hydrogens (tertiary/aromatic N) is 1. The van der Waals surface area contributed by atoms with Crippen LogP contribution in [0.4, 0.5) is 0 Å². The van der Waals surface area contributed by atoms with Crippen molar-refractivity contribution >= 4 is 32.9 Å². The largest absolute Gasteiger partial charge is 0.478 e. The molecule has 14 heavy (non-hydrogen) atoms. The summed E-state index contributed by atoms with van der Waals surface area (Å²) in [5, 5.41) is 13.4. The van der Waals surface area contributed by atoms with Crippen molar-refractivity contribution in [3.05, 3.63) is 27.9 Å². The smallest absolute Gasteiger partial charge is 0.336 e. The predicted octanol–water partition coefficient (Wildman–Crippen LogP) is 2.60. The van der Waals surface area contributed by atoms with E-state index in [0.717, 1.165) is 11.1 Å². The average molecular weight is 256 g/mol. The molecule has 0 atom stereocenters. The zero-order valence-corrected chi connectivity index (χ0v) is 8.83. The number of halogens is 1. The molecule has 4 nitrogen and oxygen atoms in total. The van der Waals surface area contributed by atoms with Crippen molar-refractivity contribution in [2.75, 3.05) is 0 Å². The number of aryl methyl sites for hydroxylation is 1. The van der Waals surface area contributed by atoms with E-state index < -0.39 is 5.97 Å². The van der Waals surface area contributed by atoms with Gasteiger partial charge in [0.05, 0.1) is 15.7 Å². The SMILES string of the molecule is Cc1noc2c(Br)c(C(=O)O)ccc12. The fourth-order valence-electron chi connectivity index (χ4n) is 1.26. The highest BCUT2D eigenvalue weighted by atomic mass is 79.9. The maximum absolute atomic E-state index is 10.8. The lowest BCUT2D eigenvalue weighted by Crippen LogP contribution is -1.96. The average Bonchev–Trinajstić information content (AvgIpc) is 2.49. The number of aromatic nitrogens is 1. The van der Waals surface area contributed by atoms with E-state index in [9.17, 15) is 4.79 Å². The minimum atomic E-state index is -0.993. The van der Waals surface area contributed by atoms with Crippen LogP contribution >= 0.6 is 15.9 Å². The van der Waals surface area contributed by atoms with Gasteiger partial charge in [-0.1, -0.05) is 5.16 Å². The molecule has 0 aliphatic heterocycles. The molecule has 0 spiro atoms. The summed E-state index contributed by atoms with van der Waals surface area (Å²) in [6.45, 7) is 1.80. The Morgan fingerprint density at radius 3 is 2.93 bits per heavy atom. The Morgan fingerprint density at radius 1 is 1.57 bits per heavy atom. The second kappa shape index (κ2) is 3.09. The topological polar surface area (TPSA) is 63.3 Å². The van der Waals surface area contributed by atoms with Gasteiger partial charge in [0.1, 0.15) is 0 Å². The lowest BCUT2D eigenvalue weighted by Gasteiger charge is -1.97. The summed E-state index contributed by atoms with van der Waals surface area (Å²) in [6, 6.07) is 3.22. The van der Waals surface area contributed by atoms with Gasteiger partial charge in [0.15, 0.2) is 5.58 Å². The highest BCUT2D eigenvalue weighted by molar-refractivity contribution is 9.10. The number of fused-ring (bicyclic) bond motifs is 1. The molecule has 2 aromatic rings. The van der Waals surface area contributed by atoms with Crippen molar-refractivity contribution in [2.24, 2.45) is 0 Å². The Bertz CT molecular complexity index is 518. The maximum Gasteiger partial charge on any atom is 0.336 e. The molecule has 0 unspecified atom stereocenters. The van der Waals surface area contributed by atoms with Crippen LogP contribution in [0.15, 0.2) is 21.1 Å². The lowest BCUT2D eigenvalue weighted by molar-refractivity contribution is 0.0696. The van der Waals surface area contributed by atoms with E-state index in [1.165, 1.54) is 6.07 Å². The van der Waals surface area contributed by atoms with Gasteiger partial charge in [-0.25, -0.2) is 4.79 Å². The van der Waals surface area contributed by atoms with Crippen molar-refractivity contribution in [3.8, 4) is 0 Å². The number of carbonyl (C=O) groups is 1. The molecule has 0 fully saturated rings. The van der Waals surface area contributed by atoms with Crippen molar-refractivity contribution in [2.45, 2.75) is 6.92 Å². The molecule has 0 aliphatic rings. The van der Waals surface area contributed by atoms with Gasteiger partial charge in [0.2, 0.25) is 0 Å². The summed E-state index contributed by atoms with van der Waals surface area (Å²) in [6.07, 6.45) is 0. The Morgan fingerprint density at radius 2 is 2.29 bits per heavy atom. The van der Waals surface area contributed by atoms with E-state index in [0.29, 0.717) is 10.1 Å². The normalized spacial score (nSPS) is 10.7. The van der Waals surface area contributed by atoms with Crippen LogP contribution in [0, 0.1) is 6.92 Å². The van der Waals surface area contributed by atoms with Crippen molar-refractivity contribution in [3.63, 3.8) is 0 Å². The Balaban J connectivity index is 2.82. The van der Waals surface area contributed by atoms with Crippen LogP contribution in [0.5, 0.6) is 0 Å². The highest BCUT2D eigenvalue weighted by Gasteiger charge is 2.15. The minimum Gasteiger partial charge on any atom is -0.478 e. The summed E-state index contributed by atoms with van der Waals surface area (Å²) in [4.78, 5) is 10.8. The molecule has 72 valence electrons. The third kappa shape index (κ3) is 1.21. The molecule has 0 saturated heterocycles. The summed E-state index contributed by atoms with van der Waals surface area (Å²) < 4.78 is 5.44. The van der Waals surface area contributed by atoms with E-state index in [1.54, 1.807) is 13.0 Å². The fourth-order valence-corrected chi connectivity index (χ4v) is 1.85. The van der Waals surface area contributed by atoms with Crippen LogP contribution < -0.4 is 0 Å². The van der Waals surface area contributed by atoms with Gasteiger partial charge >= 0.3 is 5.97 Å². The third-order valence-corrected chi connectivity index (χ3v) is 2.78. The van der Waals surface area contributed by atoms with E-state index in [1.807, 2.05) is 0 Å². The van der Waals surface area contributed by atoms with Crippen LogP contribution in [0.1, 0.15) is 16.1 Å². The minimum absolute atomic E-state index is 0.175. The van der Waals surface area contributed by atoms with E-state index in [-0.39, 0.29) is 5.56 Å². The molecule has 0 amide bonds. The first-order chi connectivity index (χ1) is 6.61. The monoisotopic (exact) mass is 255 g/mol. The van der Waals surface area contributed by atoms with E-state index in [2.05, 4.69) is 21.1 Å². The first-order valence-electron chi connectivity index (χ1n) is 3.89. The van der Waals surface area contributed by atoms with Crippen LogP contribution in [-0.4, -0.2) is 16.2 Å². The molecule has 1 aromatic heterocycles. The summed E-state index contributed by atoms with van der Waals surface area (Å²) in [5.41, 5.74) is 1.40. The molecule has 0 bridgehead atoms. The zero-order valence-electron chi connectivity index (χ0n) is 7.24. The molecule has 0 aliphatic carbocycles. The predicted molar refractivity (Wildman–Crippen MR) is 53.4 cm³/mol. The molecule has 1 heterocycles. The molecule has 2 rings (SSSR count). The van der Waals surface area contributed by atoms with Crippen LogP contribution in [-0.2, 0) is 0 Å². The first kappa shape index (κ1) is 9.21. The quantitative estimate of drug-likeness (QED) is 0.851. The molecule has 0 saturated carbocycles. The molecule has 0 radical (unpaired) electrons. The van der Waals surface area contributed by atoms with E-state index >= 15 is 0 Å². The first-order valence-corrected chi connectivity index (χ1v) is 4.68. The molecule has 5 heteroatoms. The number of carboxylic acids is 1. The van der Waals surface area contributed by atoms with Crippen molar-refractivity contribution in [1.29, 1.82) is 0 Å². The van der Waals surface area contributed by atoms with Crippen LogP contribution in [0.2, 0.25) is 0 Å². The third-order valence-electron chi connectivity index (χ3n) is 1.99. The number of hydrogen-bond donors (Lipinski definition) is 1. The molecule has 1 N–H and O–H groups in total. The maximum atomic E-state index is 10.8. The summed E-state index contributed by atoms with van der Waals surface area (Å²) in [5.74, 6) is -0.993. The summed E-state index contributed by atoms with van der Waals surface area (Å²) >= 11 is 3.18. The standard InChI is InChI=1S/C9H6BrNO3/c1-4-5-2-3-6(9(12)13)7(10)8(5)14-11-4/h2-3H,1H3,(H,12,13). The Hall–Kier alpha value is -1.36. The van der Waals surface area contributed by atoms with Gasteiger partial charge in [-0.2, -0.15) is 0 Å².